The Balaban J connectivity index is 0.000000108. The molecule has 0 aliphatic carbocycles. The first kappa shape index (κ1) is 8.02. The molecule has 1 unspecified atom stereocenters. The Labute approximate surface area is 62.5 Å². The first-order valence-electron chi connectivity index (χ1n) is 4.09. The highest BCUT2D eigenvalue weighted by Gasteiger charge is 2.13. The van der Waals surface area contributed by atoms with Crippen LogP contribution in [0.3, 0.4) is 0 Å². The quantitative estimate of drug-likeness (QED) is 0.481. The standard InChI is InChI=1S/C5H10O.C3H6O/c1-2-4-6-5-3-1;1-3-2-4-3/h1-5H2;3H,2H2,1H3. The van der Waals surface area contributed by atoms with Crippen LogP contribution in [-0.4, -0.2) is 25.9 Å². The smallest absolute Gasteiger partial charge is 0.0781 e. The van der Waals surface area contributed by atoms with Crippen LogP contribution >= 0.6 is 0 Å². The molecule has 0 radical (unpaired) electrons. The molecule has 2 aliphatic rings. The zero-order chi connectivity index (χ0) is 7.23. The number of epoxide rings is 1. The Bertz CT molecular complexity index is 63.8. The molecule has 0 aromatic carbocycles. The molecule has 0 aromatic heterocycles. The topological polar surface area (TPSA) is 21.8 Å². The Morgan fingerprint density at radius 3 is 1.70 bits per heavy atom. The van der Waals surface area contributed by atoms with E-state index in [0.29, 0.717) is 6.10 Å². The summed E-state index contributed by atoms with van der Waals surface area (Å²) >= 11 is 0. The molecule has 1 atom stereocenters. The van der Waals surface area contributed by atoms with Gasteiger partial charge in [-0.15, -0.1) is 0 Å². The van der Waals surface area contributed by atoms with Crippen molar-refractivity contribution in [2.45, 2.75) is 32.3 Å². The summed E-state index contributed by atoms with van der Waals surface area (Å²) in [4.78, 5) is 0. The van der Waals surface area contributed by atoms with Crippen LogP contribution in [0.2, 0.25) is 0 Å². The van der Waals surface area contributed by atoms with Gasteiger partial charge in [0.05, 0.1) is 12.7 Å². The monoisotopic (exact) mass is 144 g/mol. The molecule has 2 nitrogen and oxygen atoms in total. The number of ether oxygens (including phenoxy) is 2. The molecule has 2 rings (SSSR count). The van der Waals surface area contributed by atoms with Crippen LogP contribution in [0.5, 0.6) is 0 Å². The van der Waals surface area contributed by atoms with Crippen LogP contribution in [0, 0.1) is 0 Å². The minimum atomic E-state index is 0.583. The third-order valence-electron chi connectivity index (χ3n) is 1.58. The third kappa shape index (κ3) is 4.77. The van der Waals surface area contributed by atoms with Crippen LogP contribution in [0.1, 0.15) is 26.2 Å². The third-order valence-corrected chi connectivity index (χ3v) is 1.58. The Morgan fingerprint density at radius 1 is 1.10 bits per heavy atom. The van der Waals surface area contributed by atoms with Gasteiger partial charge in [-0.1, -0.05) is 0 Å². The van der Waals surface area contributed by atoms with E-state index in [4.69, 9.17) is 9.47 Å². The Kier molecular flexibility index (Phi) is 3.76. The fourth-order valence-electron chi connectivity index (χ4n) is 0.783. The second kappa shape index (κ2) is 4.69. The number of hydrogen-bond acceptors (Lipinski definition) is 2. The molecule has 60 valence electrons. The second-order valence-electron chi connectivity index (χ2n) is 2.82. The van der Waals surface area contributed by atoms with Gasteiger partial charge in [0.15, 0.2) is 0 Å². The van der Waals surface area contributed by atoms with Crippen molar-refractivity contribution in [3.05, 3.63) is 0 Å². The molecule has 0 aromatic rings. The summed E-state index contributed by atoms with van der Waals surface area (Å²) in [6.07, 6.45) is 4.51. The Morgan fingerprint density at radius 2 is 1.60 bits per heavy atom. The molecule has 10 heavy (non-hydrogen) atoms. The molecule has 2 aliphatic heterocycles. The lowest BCUT2D eigenvalue weighted by Gasteiger charge is -2.08. The number of rotatable bonds is 0. The van der Waals surface area contributed by atoms with Gasteiger partial charge in [0.2, 0.25) is 0 Å². The van der Waals surface area contributed by atoms with Crippen molar-refractivity contribution < 1.29 is 9.47 Å². The molecule has 2 saturated heterocycles. The summed E-state index contributed by atoms with van der Waals surface area (Å²) in [6.45, 7) is 5.04. The first-order chi connectivity index (χ1) is 4.89. The summed E-state index contributed by atoms with van der Waals surface area (Å²) < 4.78 is 9.78. The van der Waals surface area contributed by atoms with Crippen molar-refractivity contribution in [3.8, 4) is 0 Å². The van der Waals surface area contributed by atoms with Gasteiger partial charge < -0.3 is 9.47 Å². The lowest BCUT2D eigenvalue weighted by atomic mass is 10.2. The van der Waals surface area contributed by atoms with Gasteiger partial charge in [-0.05, 0) is 26.2 Å². The maximum absolute atomic E-state index is 5.07. The highest BCUT2D eigenvalue weighted by Crippen LogP contribution is 2.04. The fraction of sp³-hybridized carbons (Fsp3) is 1.00. The maximum atomic E-state index is 5.07. The van der Waals surface area contributed by atoms with E-state index in [1.54, 1.807) is 0 Å². The van der Waals surface area contributed by atoms with Gasteiger partial charge in [-0.2, -0.15) is 0 Å². The van der Waals surface area contributed by atoms with E-state index in [1.165, 1.54) is 19.3 Å². The summed E-state index contributed by atoms with van der Waals surface area (Å²) in [5.41, 5.74) is 0. The molecular weight excluding hydrogens is 128 g/mol. The van der Waals surface area contributed by atoms with E-state index < -0.39 is 0 Å². The van der Waals surface area contributed by atoms with Gasteiger partial charge in [0, 0.05) is 13.2 Å². The lowest BCUT2D eigenvalue weighted by Crippen LogP contribution is -2.03. The first-order valence-corrected chi connectivity index (χ1v) is 4.09. The van der Waals surface area contributed by atoms with E-state index in [9.17, 15) is 0 Å². The summed E-state index contributed by atoms with van der Waals surface area (Å²) in [6, 6.07) is 0. The van der Waals surface area contributed by atoms with Crippen LogP contribution in [0.15, 0.2) is 0 Å². The van der Waals surface area contributed by atoms with Gasteiger partial charge in [-0.25, -0.2) is 0 Å². The molecule has 2 heterocycles. The molecule has 0 bridgehead atoms. The van der Waals surface area contributed by atoms with E-state index in [2.05, 4.69) is 6.92 Å². The van der Waals surface area contributed by atoms with Crippen molar-refractivity contribution in [2.75, 3.05) is 19.8 Å². The minimum Gasteiger partial charge on any atom is -0.381 e. The molecular formula is C8H16O2. The molecule has 0 spiro atoms. The van der Waals surface area contributed by atoms with Gasteiger partial charge >= 0.3 is 0 Å². The zero-order valence-corrected chi connectivity index (χ0v) is 6.64. The summed E-state index contributed by atoms with van der Waals surface area (Å²) in [7, 11) is 0. The second-order valence-corrected chi connectivity index (χ2v) is 2.82. The molecule has 0 N–H and O–H groups in total. The zero-order valence-electron chi connectivity index (χ0n) is 6.64. The predicted molar refractivity (Wildman–Crippen MR) is 40.1 cm³/mol. The van der Waals surface area contributed by atoms with Crippen LogP contribution in [0.4, 0.5) is 0 Å². The summed E-state index contributed by atoms with van der Waals surface area (Å²) in [5, 5.41) is 0. The molecule has 2 fully saturated rings. The van der Waals surface area contributed by atoms with E-state index >= 15 is 0 Å². The average molecular weight is 144 g/mol. The van der Waals surface area contributed by atoms with Crippen LogP contribution in [-0.2, 0) is 9.47 Å². The van der Waals surface area contributed by atoms with E-state index in [1.807, 2.05) is 0 Å². The highest BCUT2D eigenvalue weighted by molar-refractivity contribution is 4.58. The van der Waals surface area contributed by atoms with E-state index in [0.717, 1.165) is 19.8 Å². The average Bonchev–Trinajstić information content (AvgIpc) is 2.77. The van der Waals surface area contributed by atoms with Gasteiger partial charge in [0.25, 0.3) is 0 Å². The van der Waals surface area contributed by atoms with Crippen molar-refractivity contribution in [2.24, 2.45) is 0 Å². The SMILES string of the molecule is C1CCOCC1.CC1CO1. The van der Waals surface area contributed by atoms with Gasteiger partial charge in [0.1, 0.15) is 0 Å². The minimum absolute atomic E-state index is 0.583. The largest absolute Gasteiger partial charge is 0.381 e. The molecule has 0 amide bonds. The van der Waals surface area contributed by atoms with Crippen LogP contribution < -0.4 is 0 Å². The van der Waals surface area contributed by atoms with Crippen molar-refractivity contribution in [3.63, 3.8) is 0 Å². The summed E-state index contributed by atoms with van der Waals surface area (Å²) in [5.74, 6) is 0. The number of hydrogen-bond donors (Lipinski definition) is 0. The van der Waals surface area contributed by atoms with Crippen molar-refractivity contribution in [1.29, 1.82) is 0 Å². The normalized spacial score (nSPS) is 30.3. The molecule has 2 heteroatoms. The van der Waals surface area contributed by atoms with Crippen molar-refractivity contribution in [1.82, 2.24) is 0 Å². The van der Waals surface area contributed by atoms with E-state index in [-0.39, 0.29) is 0 Å². The highest BCUT2D eigenvalue weighted by atomic mass is 16.6. The van der Waals surface area contributed by atoms with Crippen molar-refractivity contribution >= 4 is 0 Å². The predicted octanol–water partition coefficient (Wildman–Crippen LogP) is 1.59. The molecule has 0 saturated carbocycles. The van der Waals surface area contributed by atoms with Crippen LogP contribution in [0.25, 0.3) is 0 Å². The lowest BCUT2D eigenvalue weighted by molar-refractivity contribution is 0.0968. The fourth-order valence-corrected chi connectivity index (χ4v) is 0.783. The van der Waals surface area contributed by atoms with Gasteiger partial charge in [-0.3, -0.25) is 0 Å². The maximum Gasteiger partial charge on any atom is 0.0781 e. The Hall–Kier alpha value is -0.0800.